The molecule has 1 saturated carbocycles. The maximum atomic E-state index is 12.6. The number of alkyl halides is 3. The van der Waals surface area contributed by atoms with E-state index in [1.54, 1.807) is 6.08 Å². The second kappa shape index (κ2) is 7.61. The average Bonchev–Trinajstić information content (AvgIpc) is 3.12. The highest BCUT2D eigenvalue weighted by Gasteiger charge is 2.30. The fourth-order valence-corrected chi connectivity index (χ4v) is 2.93. The van der Waals surface area contributed by atoms with Gasteiger partial charge in [0.15, 0.2) is 0 Å². The molecule has 0 radical (unpaired) electrons. The molecule has 0 bridgehead atoms. The minimum atomic E-state index is -4.45. The Balaban J connectivity index is 1.81. The van der Waals surface area contributed by atoms with Gasteiger partial charge in [-0.2, -0.15) is 18.4 Å². The molecule has 0 unspecified atom stereocenters. The first kappa shape index (κ1) is 18.0. The molecule has 1 aromatic heterocycles. The summed E-state index contributed by atoms with van der Waals surface area (Å²) in [5.41, 5.74) is 0.281. The topological polar surface area (TPSA) is 45.9 Å². The highest BCUT2D eigenvalue weighted by atomic mass is 19.4. The number of aromatic nitrogens is 1. The van der Waals surface area contributed by atoms with Gasteiger partial charge >= 0.3 is 6.18 Å². The summed E-state index contributed by atoms with van der Waals surface area (Å²) >= 11 is 0. The van der Waals surface area contributed by atoms with Crippen LogP contribution in [0.15, 0.2) is 42.6 Å². The maximum absolute atomic E-state index is 12.6. The van der Waals surface area contributed by atoms with E-state index in [1.165, 1.54) is 18.9 Å². The van der Waals surface area contributed by atoms with Crippen LogP contribution >= 0.6 is 0 Å². The standard InChI is InChI=1S/C20H17F3N2O/c21-20(22,23)16-8-9-19(25-13-16)15(12-24)10-14-4-3-7-18(11-14)26-17-5-1-2-6-17/h3-4,7-11,13,17H,1-2,5-6H2. The van der Waals surface area contributed by atoms with Gasteiger partial charge in [0, 0.05) is 6.20 Å². The molecule has 3 nitrogen and oxygen atoms in total. The highest BCUT2D eigenvalue weighted by molar-refractivity contribution is 5.88. The lowest BCUT2D eigenvalue weighted by Gasteiger charge is -2.13. The summed E-state index contributed by atoms with van der Waals surface area (Å²) in [4.78, 5) is 3.78. The van der Waals surface area contributed by atoms with Crippen LogP contribution in [-0.2, 0) is 6.18 Å². The summed E-state index contributed by atoms with van der Waals surface area (Å²) in [6, 6.07) is 11.4. The van der Waals surface area contributed by atoms with Crippen LogP contribution in [0.25, 0.3) is 11.6 Å². The van der Waals surface area contributed by atoms with Gasteiger partial charge in [0.2, 0.25) is 0 Å². The number of allylic oxidation sites excluding steroid dienone is 1. The SMILES string of the molecule is N#CC(=Cc1cccc(OC2CCCC2)c1)c1ccc(C(F)(F)F)cn1. The fourth-order valence-electron chi connectivity index (χ4n) is 2.93. The van der Waals surface area contributed by atoms with Gasteiger partial charge in [-0.05, 0) is 61.6 Å². The van der Waals surface area contributed by atoms with Crippen LogP contribution in [0.1, 0.15) is 42.5 Å². The number of pyridine rings is 1. The Labute approximate surface area is 149 Å². The van der Waals surface area contributed by atoms with Gasteiger partial charge in [0.05, 0.1) is 22.9 Å². The molecular weight excluding hydrogens is 341 g/mol. The molecule has 1 aliphatic carbocycles. The van der Waals surface area contributed by atoms with Crippen LogP contribution in [0, 0.1) is 11.3 Å². The Kier molecular flexibility index (Phi) is 5.27. The Morgan fingerprint density at radius 2 is 1.96 bits per heavy atom. The van der Waals surface area contributed by atoms with E-state index in [2.05, 4.69) is 4.98 Å². The van der Waals surface area contributed by atoms with Gasteiger partial charge in [-0.15, -0.1) is 0 Å². The number of nitrogens with zero attached hydrogens (tertiary/aromatic N) is 2. The van der Waals surface area contributed by atoms with E-state index in [4.69, 9.17) is 4.74 Å². The summed E-state index contributed by atoms with van der Waals surface area (Å²) < 4.78 is 43.8. The van der Waals surface area contributed by atoms with Crippen molar-refractivity contribution in [3.05, 3.63) is 59.4 Å². The smallest absolute Gasteiger partial charge is 0.417 e. The summed E-state index contributed by atoms with van der Waals surface area (Å²) in [6.45, 7) is 0. The van der Waals surface area contributed by atoms with Crippen LogP contribution in [0.4, 0.5) is 13.2 Å². The van der Waals surface area contributed by atoms with Crippen LogP contribution in [0.2, 0.25) is 0 Å². The second-order valence-electron chi connectivity index (χ2n) is 6.20. The van der Waals surface area contributed by atoms with Crippen molar-refractivity contribution < 1.29 is 17.9 Å². The number of benzene rings is 1. The molecule has 0 atom stereocenters. The number of ether oxygens (including phenoxy) is 1. The van der Waals surface area contributed by atoms with E-state index in [-0.39, 0.29) is 17.4 Å². The van der Waals surface area contributed by atoms with Gasteiger partial charge in [0.25, 0.3) is 0 Å². The Morgan fingerprint density at radius 3 is 2.58 bits per heavy atom. The zero-order valence-electron chi connectivity index (χ0n) is 14.0. The molecule has 1 fully saturated rings. The van der Waals surface area contributed by atoms with Crippen LogP contribution in [0.5, 0.6) is 5.75 Å². The molecule has 1 aromatic carbocycles. The first-order valence-corrected chi connectivity index (χ1v) is 8.38. The van der Waals surface area contributed by atoms with E-state index in [0.717, 1.165) is 36.4 Å². The van der Waals surface area contributed by atoms with Crippen LogP contribution < -0.4 is 4.74 Å². The molecule has 1 heterocycles. The Bertz CT molecular complexity index is 829. The molecule has 2 aromatic rings. The number of nitriles is 1. The lowest BCUT2D eigenvalue weighted by Crippen LogP contribution is -2.10. The van der Waals surface area contributed by atoms with Crippen LogP contribution in [-0.4, -0.2) is 11.1 Å². The van der Waals surface area contributed by atoms with Gasteiger partial charge in [0.1, 0.15) is 11.8 Å². The molecule has 26 heavy (non-hydrogen) atoms. The largest absolute Gasteiger partial charge is 0.490 e. The van der Waals surface area contributed by atoms with E-state index < -0.39 is 11.7 Å². The zero-order chi connectivity index (χ0) is 18.6. The van der Waals surface area contributed by atoms with E-state index >= 15 is 0 Å². The molecule has 0 aliphatic heterocycles. The van der Waals surface area contributed by atoms with Crippen molar-refractivity contribution in [3.63, 3.8) is 0 Å². The molecular formula is C20H17F3N2O. The van der Waals surface area contributed by atoms with Crippen molar-refractivity contribution in [2.45, 2.75) is 38.0 Å². The maximum Gasteiger partial charge on any atom is 0.417 e. The second-order valence-corrected chi connectivity index (χ2v) is 6.20. The third-order valence-electron chi connectivity index (χ3n) is 4.26. The summed E-state index contributed by atoms with van der Waals surface area (Å²) in [5.74, 6) is 0.725. The van der Waals surface area contributed by atoms with Gasteiger partial charge in [-0.25, -0.2) is 0 Å². The summed E-state index contributed by atoms with van der Waals surface area (Å²) in [7, 11) is 0. The minimum Gasteiger partial charge on any atom is -0.490 e. The van der Waals surface area contributed by atoms with E-state index in [9.17, 15) is 18.4 Å². The predicted octanol–water partition coefficient (Wildman–Crippen LogP) is 5.49. The average molecular weight is 358 g/mol. The number of rotatable bonds is 4. The quantitative estimate of drug-likeness (QED) is 0.679. The van der Waals surface area contributed by atoms with Gasteiger partial charge < -0.3 is 4.74 Å². The molecule has 0 spiro atoms. The van der Waals surface area contributed by atoms with Crippen molar-refractivity contribution in [2.75, 3.05) is 0 Å². The van der Waals surface area contributed by atoms with Crippen molar-refractivity contribution in [1.29, 1.82) is 5.26 Å². The first-order chi connectivity index (χ1) is 12.5. The van der Waals surface area contributed by atoms with Crippen molar-refractivity contribution >= 4 is 11.6 Å². The molecule has 6 heteroatoms. The number of hydrogen-bond acceptors (Lipinski definition) is 3. The van der Waals surface area contributed by atoms with Gasteiger partial charge in [-0.1, -0.05) is 12.1 Å². The van der Waals surface area contributed by atoms with E-state index in [0.29, 0.717) is 0 Å². The number of halogens is 3. The lowest BCUT2D eigenvalue weighted by atomic mass is 10.1. The summed E-state index contributed by atoms with van der Waals surface area (Å²) in [5, 5.41) is 9.36. The monoisotopic (exact) mass is 358 g/mol. The van der Waals surface area contributed by atoms with Gasteiger partial charge in [-0.3, -0.25) is 4.98 Å². The Hall–Kier alpha value is -2.81. The lowest BCUT2D eigenvalue weighted by molar-refractivity contribution is -0.137. The Morgan fingerprint density at radius 1 is 1.19 bits per heavy atom. The fraction of sp³-hybridized carbons (Fsp3) is 0.300. The molecule has 134 valence electrons. The molecule has 0 saturated heterocycles. The molecule has 0 amide bonds. The highest BCUT2D eigenvalue weighted by Crippen LogP contribution is 2.29. The molecule has 1 aliphatic rings. The van der Waals surface area contributed by atoms with E-state index in [1.807, 2.05) is 30.3 Å². The number of hydrogen-bond donors (Lipinski definition) is 0. The predicted molar refractivity (Wildman–Crippen MR) is 92.0 cm³/mol. The molecule has 3 rings (SSSR count). The zero-order valence-corrected chi connectivity index (χ0v) is 14.0. The van der Waals surface area contributed by atoms with Crippen LogP contribution in [0.3, 0.4) is 0 Å². The third-order valence-corrected chi connectivity index (χ3v) is 4.26. The normalized spacial score (nSPS) is 15.7. The van der Waals surface area contributed by atoms with Crippen molar-refractivity contribution in [3.8, 4) is 11.8 Å². The first-order valence-electron chi connectivity index (χ1n) is 8.38. The third kappa shape index (κ3) is 4.42. The minimum absolute atomic E-state index is 0.191. The summed E-state index contributed by atoms with van der Waals surface area (Å²) in [6.07, 6.45) is 2.52. The van der Waals surface area contributed by atoms with Crippen molar-refractivity contribution in [2.24, 2.45) is 0 Å². The molecule has 0 N–H and O–H groups in total. The van der Waals surface area contributed by atoms with Crippen molar-refractivity contribution in [1.82, 2.24) is 4.98 Å².